The smallest absolute Gasteiger partial charge is 0.276 e. The first kappa shape index (κ1) is 22.9. The number of ether oxygens (including phenoxy) is 3. The minimum atomic E-state index is -0.492. The maximum atomic E-state index is 11.8. The van der Waals surface area contributed by atoms with Crippen LogP contribution in [0.25, 0.3) is 0 Å². The Morgan fingerprint density at radius 2 is 1.88 bits per heavy atom. The molecule has 1 unspecified atom stereocenters. The van der Waals surface area contributed by atoms with E-state index in [1.165, 1.54) is 27.4 Å². The molecule has 142 valence electrons. The summed E-state index contributed by atoms with van der Waals surface area (Å²) in [4.78, 5) is 22.5. The molecule has 1 amide bonds. The van der Waals surface area contributed by atoms with E-state index in [9.17, 15) is 14.9 Å². The molecule has 1 rings (SSSR count). The van der Waals surface area contributed by atoms with Crippen LogP contribution in [0.2, 0.25) is 0 Å². The van der Waals surface area contributed by atoms with E-state index < -0.39 is 4.92 Å². The van der Waals surface area contributed by atoms with Crippen molar-refractivity contribution in [2.24, 2.45) is 5.73 Å². The van der Waals surface area contributed by atoms with Gasteiger partial charge in [-0.25, -0.2) is 0 Å². The topological polar surface area (TPSA) is 126 Å². The van der Waals surface area contributed by atoms with Crippen molar-refractivity contribution >= 4 is 24.0 Å². The molecule has 0 aliphatic rings. The predicted molar refractivity (Wildman–Crippen MR) is 94.6 cm³/mol. The molecule has 9 nitrogen and oxygen atoms in total. The molecule has 0 aliphatic heterocycles. The number of halogens is 1. The lowest BCUT2D eigenvalue weighted by molar-refractivity contribution is -0.385. The van der Waals surface area contributed by atoms with E-state index in [4.69, 9.17) is 19.9 Å². The third-order valence-electron chi connectivity index (χ3n) is 3.51. The van der Waals surface area contributed by atoms with Gasteiger partial charge >= 0.3 is 0 Å². The highest BCUT2D eigenvalue weighted by Crippen LogP contribution is 2.34. The van der Waals surface area contributed by atoms with E-state index >= 15 is 0 Å². The number of hydrogen-bond donors (Lipinski definition) is 2. The number of nitrogens with one attached hydrogen (secondary N) is 1. The number of carbonyl (C=O) groups is 1. The molecule has 1 atom stereocenters. The Labute approximate surface area is 152 Å². The third kappa shape index (κ3) is 6.73. The minimum Gasteiger partial charge on any atom is -0.493 e. The number of rotatable bonds is 10. The van der Waals surface area contributed by atoms with E-state index in [-0.39, 0.29) is 61.8 Å². The molecule has 25 heavy (non-hydrogen) atoms. The molecular weight excluding hydrogens is 354 g/mol. The average Bonchev–Trinajstić information content (AvgIpc) is 2.58. The fourth-order valence-electron chi connectivity index (χ4n) is 2.16. The van der Waals surface area contributed by atoms with E-state index in [1.54, 1.807) is 6.07 Å². The van der Waals surface area contributed by atoms with Gasteiger partial charge in [-0.3, -0.25) is 14.9 Å². The zero-order valence-corrected chi connectivity index (χ0v) is 15.3. The molecule has 0 fully saturated rings. The van der Waals surface area contributed by atoms with Crippen LogP contribution in [-0.2, 0) is 16.0 Å². The summed E-state index contributed by atoms with van der Waals surface area (Å²) >= 11 is 0. The predicted octanol–water partition coefficient (Wildman–Crippen LogP) is 1.06. The largest absolute Gasteiger partial charge is 0.493 e. The van der Waals surface area contributed by atoms with Gasteiger partial charge in [0.15, 0.2) is 11.5 Å². The lowest BCUT2D eigenvalue weighted by atomic mass is 10.1. The maximum Gasteiger partial charge on any atom is 0.276 e. The molecule has 3 N–H and O–H groups in total. The first-order valence-electron chi connectivity index (χ1n) is 7.35. The van der Waals surface area contributed by atoms with Crippen LogP contribution in [0.3, 0.4) is 0 Å². The standard InChI is InChI=1S/C15H23N3O6.ClH/c1-22-11(9-16)7-15(19)17-5-4-10-6-13(23-2)14(24-3)8-12(10)18(20)21;/h6,8,11H,4-5,7,9,16H2,1-3H3,(H,17,19);1H. The van der Waals surface area contributed by atoms with Crippen molar-refractivity contribution in [2.75, 3.05) is 34.4 Å². The van der Waals surface area contributed by atoms with Crippen LogP contribution in [0.4, 0.5) is 5.69 Å². The zero-order chi connectivity index (χ0) is 18.1. The summed E-state index contributed by atoms with van der Waals surface area (Å²) in [6, 6.07) is 2.85. The number of hydrogen-bond acceptors (Lipinski definition) is 7. The molecular formula is C15H24ClN3O6. The van der Waals surface area contributed by atoms with Crippen molar-refractivity contribution in [3.05, 3.63) is 27.8 Å². The number of nitro groups is 1. The Morgan fingerprint density at radius 3 is 2.36 bits per heavy atom. The zero-order valence-electron chi connectivity index (χ0n) is 14.4. The van der Waals surface area contributed by atoms with E-state index in [0.29, 0.717) is 11.3 Å². The van der Waals surface area contributed by atoms with Gasteiger partial charge in [0.25, 0.3) is 5.69 Å². The number of nitro benzene ring substituents is 1. The highest BCUT2D eigenvalue weighted by molar-refractivity contribution is 5.85. The summed E-state index contributed by atoms with van der Waals surface area (Å²) in [6.07, 6.45) is 0.0735. The SMILES string of the molecule is COc1cc(CCNC(=O)CC(CN)OC)c([N+](=O)[O-])cc1OC.Cl. The fourth-order valence-corrected chi connectivity index (χ4v) is 2.16. The van der Waals surface area contributed by atoms with Crippen molar-refractivity contribution < 1.29 is 23.9 Å². The molecule has 1 aromatic rings. The maximum absolute atomic E-state index is 11.8. The van der Waals surface area contributed by atoms with Gasteiger partial charge in [0.05, 0.1) is 37.7 Å². The number of amides is 1. The lowest BCUT2D eigenvalue weighted by Crippen LogP contribution is -2.33. The van der Waals surface area contributed by atoms with Crippen LogP contribution in [-0.4, -0.2) is 51.4 Å². The highest BCUT2D eigenvalue weighted by Gasteiger charge is 2.19. The summed E-state index contributed by atoms with van der Waals surface area (Å²) < 4.78 is 15.3. The van der Waals surface area contributed by atoms with Gasteiger partial charge in [0.1, 0.15) is 0 Å². The monoisotopic (exact) mass is 377 g/mol. The van der Waals surface area contributed by atoms with E-state index in [1.807, 2.05) is 0 Å². The van der Waals surface area contributed by atoms with Gasteiger partial charge in [-0.2, -0.15) is 0 Å². The van der Waals surface area contributed by atoms with Crippen LogP contribution in [0.5, 0.6) is 11.5 Å². The summed E-state index contributed by atoms with van der Waals surface area (Å²) in [5.74, 6) is 0.449. The molecule has 10 heteroatoms. The first-order chi connectivity index (χ1) is 11.5. The molecule has 0 spiro atoms. The summed E-state index contributed by atoms with van der Waals surface area (Å²) in [6.45, 7) is 0.487. The third-order valence-corrected chi connectivity index (χ3v) is 3.51. The lowest BCUT2D eigenvalue weighted by Gasteiger charge is -2.13. The molecule has 0 radical (unpaired) electrons. The molecule has 0 bridgehead atoms. The summed E-state index contributed by atoms with van der Waals surface area (Å²) in [5.41, 5.74) is 5.82. The summed E-state index contributed by atoms with van der Waals surface area (Å²) in [5, 5.41) is 13.9. The molecule has 0 saturated heterocycles. The van der Waals surface area contributed by atoms with Crippen LogP contribution in [0.15, 0.2) is 12.1 Å². The van der Waals surface area contributed by atoms with Crippen molar-refractivity contribution in [3.8, 4) is 11.5 Å². The van der Waals surface area contributed by atoms with E-state index in [2.05, 4.69) is 5.32 Å². The Kier molecular flexibility index (Phi) is 10.5. The molecule has 0 aliphatic carbocycles. The Hall–Kier alpha value is -2.10. The fraction of sp³-hybridized carbons (Fsp3) is 0.533. The quantitative estimate of drug-likeness (QED) is 0.461. The Balaban J connectivity index is 0.00000576. The molecule has 0 saturated carbocycles. The number of nitrogens with zero attached hydrogens (tertiary/aromatic N) is 1. The Morgan fingerprint density at radius 1 is 1.28 bits per heavy atom. The summed E-state index contributed by atoms with van der Waals surface area (Å²) in [7, 11) is 4.34. The average molecular weight is 378 g/mol. The van der Waals surface area contributed by atoms with Gasteiger partial charge in [-0.05, 0) is 12.5 Å². The van der Waals surface area contributed by atoms with Gasteiger partial charge in [-0.1, -0.05) is 0 Å². The number of carbonyl (C=O) groups excluding carboxylic acids is 1. The van der Waals surface area contributed by atoms with Crippen LogP contribution in [0, 0.1) is 10.1 Å². The van der Waals surface area contributed by atoms with Crippen LogP contribution < -0.4 is 20.5 Å². The van der Waals surface area contributed by atoms with Crippen molar-refractivity contribution in [1.29, 1.82) is 0 Å². The number of nitrogens with two attached hydrogens (primary N) is 1. The van der Waals surface area contributed by atoms with Crippen LogP contribution >= 0.6 is 12.4 Å². The van der Waals surface area contributed by atoms with Crippen molar-refractivity contribution in [1.82, 2.24) is 5.32 Å². The van der Waals surface area contributed by atoms with Gasteiger partial charge < -0.3 is 25.3 Å². The molecule has 0 aromatic heterocycles. The minimum absolute atomic E-state index is 0. The highest BCUT2D eigenvalue weighted by atomic mass is 35.5. The molecule has 1 aromatic carbocycles. The van der Waals surface area contributed by atoms with Crippen molar-refractivity contribution in [2.45, 2.75) is 18.9 Å². The molecule has 0 heterocycles. The van der Waals surface area contributed by atoms with E-state index in [0.717, 1.165) is 0 Å². The first-order valence-corrected chi connectivity index (χ1v) is 7.35. The van der Waals surface area contributed by atoms with Crippen LogP contribution in [0.1, 0.15) is 12.0 Å². The normalized spacial score (nSPS) is 11.2. The van der Waals surface area contributed by atoms with Gasteiger partial charge in [0.2, 0.25) is 5.91 Å². The van der Waals surface area contributed by atoms with Gasteiger partial charge in [-0.15, -0.1) is 12.4 Å². The second-order valence-corrected chi connectivity index (χ2v) is 4.99. The second-order valence-electron chi connectivity index (χ2n) is 4.99. The van der Waals surface area contributed by atoms with Gasteiger partial charge in [0, 0.05) is 25.8 Å². The number of methoxy groups -OCH3 is 3. The number of benzene rings is 1. The van der Waals surface area contributed by atoms with Crippen molar-refractivity contribution in [3.63, 3.8) is 0 Å². The second kappa shape index (κ2) is 11.5. The Bertz CT molecular complexity index is 581.